The molecule has 8 heteroatoms. The monoisotopic (exact) mass is 359 g/mol. The molecule has 0 aromatic heterocycles. The summed E-state index contributed by atoms with van der Waals surface area (Å²) in [4.78, 5) is 11.6. The molecule has 22 heavy (non-hydrogen) atoms. The Balaban J connectivity index is 1.90. The van der Waals surface area contributed by atoms with Crippen molar-refractivity contribution in [3.63, 3.8) is 0 Å². The molecule has 0 atom stereocenters. The van der Waals surface area contributed by atoms with Crippen molar-refractivity contribution in [3.05, 3.63) is 59.1 Å². The van der Waals surface area contributed by atoms with Crippen LogP contribution < -0.4 is 5.32 Å². The molecule has 2 rings (SSSR count). The highest BCUT2D eigenvalue weighted by Crippen LogP contribution is 2.18. The number of nitrogens with one attached hydrogen (secondary N) is 1. The molecule has 0 unspecified atom stereocenters. The molecule has 0 saturated carbocycles. The van der Waals surface area contributed by atoms with Gasteiger partial charge in [-0.3, -0.25) is 5.32 Å². The summed E-state index contributed by atoms with van der Waals surface area (Å²) in [6, 6.07) is 12.3. The third kappa shape index (κ3) is 4.91. The number of carbonyl (C=O) groups excluding carboxylic acids is 1. The van der Waals surface area contributed by atoms with Crippen LogP contribution in [0.25, 0.3) is 0 Å². The number of rotatable bonds is 4. The van der Waals surface area contributed by atoms with E-state index in [0.29, 0.717) is 10.7 Å². The van der Waals surface area contributed by atoms with Gasteiger partial charge in [0.05, 0.1) is 4.90 Å². The zero-order valence-electron chi connectivity index (χ0n) is 11.1. The number of hydrogen-bond donors (Lipinski definition) is 1. The fourth-order valence-corrected chi connectivity index (χ4v) is 2.48. The van der Waals surface area contributed by atoms with Crippen LogP contribution in [-0.2, 0) is 20.4 Å². The first-order valence-corrected chi connectivity index (χ1v) is 8.76. The summed E-state index contributed by atoms with van der Waals surface area (Å²) in [7, 11) is 1.42. The van der Waals surface area contributed by atoms with Crippen LogP contribution in [0.2, 0.25) is 5.02 Å². The van der Waals surface area contributed by atoms with Crippen LogP contribution in [0, 0.1) is 0 Å². The highest BCUT2D eigenvalue weighted by Gasteiger charge is 2.10. The van der Waals surface area contributed by atoms with Gasteiger partial charge in [-0.05, 0) is 42.0 Å². The fraction of sp³-hybridized carbons (Fsp3) is 0.0714. The minimum absolute atomic E-state index is 0.0470. The first kappa shape index (κ1) is 16.6. The Morgan fingerprint density at radius 1 is 1.05 bits per heavy atom. The first-order chi connectivity index (χ1) is 10.3. The van der Waals surface area contributed by atoms with Gasteiger partial charge in [-0.1, -0.05) is 23.7 Å². The third-order valence-corrected chi connectivity index (χ3v) is 4.29. The van der Waals surface area contributed by atoms with Gasteiger partial charge >= 0.3 is 6.09 Å². The van der Waals surface area contributed by atoms with Gasteiger partial charge in [0.25, 0.3) is 9.05 Å². The Hall–Kier alpha value is -1.76. The maximum absolute atomic E-state index is 11.6. The van der Waals surface area contributed by atoms with Gasteiger partial charge in [0.15, 0.2) is 0 Å². The van der Waals surface area contributed by atoms with Gasteiger partial charge < -0.3 is 4.74 Å². The lowest BCUT2D eigenvalue weighted by Gasteiger charge is -2.07. The van der Waals surface area contributed by atoms with E-state index in [1.807, 2.05) is 0 Å². The van der Waals surface area contributed by atoms with Crippen molar-refractivity contribution in [1.29, 1.82) is 0 Å². The molecule has 2 aromatic rings. The van der Waals surface area contributed by atoms with Crippen molar-refractivity contribution >= 4 is 43.1 Å². The van der Waals surface area contributed by atoms with Crippen LogP contribution >= 0.6 is 22.3 Å². The number of amides is 1. The molecule has 5 nitrogen and oxygen atoms in total. The van der Waals surface area contributed by atoms with E-state index in [1.54, 1.807) is 24.3 Å². The summed E-state index contributed by atoms with van der Waals surface area (Å²) in [5.41, 5.74) is 1.19. The highest BCUT2D eigenvalue weighted by atomic mass is 35.7. The lowest BCUT2D eigenvalue weighted by Crippen LogP contribution is -2.13. The quantitative estimate of drug-likeness (QED) is 0.836. The van der Waals surface area contributed by atoms with Crippen molar-refractivity contribution in [3.8, 4) is 0 Å². The SMILES string of the molecule is O=C(Nc1ccc(S(=O)(=O)Cl)cc1)OCc1ccc(Cl)cc1. The van der Waals surface area contributed by atoms with E-state index >= 15 is 0 Å². The highest BCUT2D eigenvalue weighted by molar-refractivity contribution is 8.13. The van der Waals surface area contributed by atoms with E-state index in [4.69, 9.17) is 27.0 Å². The molecule has 1 N–H and O–H groups in total. The predicted octanol–water partition coefficient (Wildman–Crippen LogP) is 4.02. The summed E-state index contributed by atoms with van der Waals surface area (Å²) in [6.07, 6.45) is -0.656. The van der Waals surface area contributed by atoms with Crippen molar-refractivity contribution in [1.82, 2.24) is 0 Å². The molecule has 2 aromatic carbocycles. The molecule has 0 bridgehead atoms. The van der Waals surface area contributed by atoms with Crippen LogP contribution in [0.1, 0.15) is 5.56 Å². The van der Waals surface area contributed by atoms with E-state index in [1.165, 1.54) is 24.3 Å². The summed E-state index contributed by atoms with van der Waals surface area (Å²) in [5.74, 6) is 0. The number of hydrogen-bond acceptors (Lipinski definition) is 4. The van der Waals surface area contributed by atoms with Gasteiger partial charge in [0.2, 0.25) is 0 Å². The maximum atomic E-state index is 11.6. The first-order valence-electron chi connectivity index (χ1n) is 6.07. The molecular weight excluding hydrogens is 349 g/mol. The molecule has 0 fully saturated rings. The maximum Gasteiger partial charge on any atom is 0.411 e. The Morgan fingerprint density at radius 3 is 2.18 bits per heavy atom. The molecule has 0 aliphatic heterocycles. The average molecular weight is 360 g/mol. The summed E-state index contributed by atoms with van der Waals surface area (Å²) >= 11 is 5.75. The normalized spacial score (nSPS) is 11.0. The van der Waals surface area contributed by atoms with Gasteiger partial charge in [0, 0.05) is 21.4 Å². The summed E-state index contributed by atoms with van der Waals surface area (Å²) in [6.45, 7) is 0.0944. The van der Waals surface area contributed by atoms with Crippen molar-refractivity contribution in [2.45, 2.75) is 11.5 Å². The third-order valence-electron chi connectivity index (χ3n) is 2.67. The number of benzene rings is 2. The van der Waals surface area contributed by atoms with E-state index in [9.17, 15) is 13.2 Å². The Bertz CT molecular complexity index is 758. The van der Waals surface area contributed by atoms with Gasteiger partial charge in [-0.2, -0.15) is 0 Å². The summed E-state index contributed by atoms with van der Waals surface area (Å²) in [5, 5.41) is 3.08. The Morgan fingerprint density at radius 2 is 1.64 bits per heavy atom. The standard InChI is InChI=1S/C14H11Cl2NO4S/c15-11-3-1-10(2-4-11)9-21-14(18)17-12-5-7-13(8-6-12)22(16,19)20/h1-8H,9H2,(H,17,18). The second-order valence-electron chi connectivity index (χ2n) is 4.29. The number of ether oxygens (including phenoxy) is 1. The number of halogens is 2. The van der Waals surface area contributed by atoms with Crippen molar-refractivity contribution < 1.29 is 17.9 Å². The second kappa shape index (κ2) is 7.00. The lowest BCUT2D eigenvalue weighted by atomic mass is 10.2. The molecule has 0 saturated heterocycles. The minimum atomic E-state index is -3.78. The van der Waals surface area contributed by atoms with Crippen LogP contribution in [0.4, 0.5) is 10.5 Å². The topological polar surface area (TPSA) is 72.5 Å². The van der Waals surface area contributed by atoms with Gasteiger partial charge in [0.1, 0.15) is 6.61 Å². The molecule has 0 aliphatic carbocycles. The second-order valence-corrected chi connectivity index (χ2v) is 7.29. The van der Waals surface area contributed by atoms with E-state index in [2.05, 4.69) is 5.32 Å². The van der Waals surface area contributed by atoms with Crippen LogP contribution in [0.15, 0.2) is 53.4 Å². The molecule has 0 spiro atoms. The average Bonchev–Trinajstić information content (AvgIpc) is 2.46. The molecule has 116 valence electrons. The van der Waals surface area contributed by atoms with Crippen molar-refractivity contribution in [2.75, 3.05) is 5.32 Å². The molecule has 0 radical (unpaired) electrons. The Kier molecular flexibility index (Phi) is 5.28. The van der Waals surface area contributed by atoms with Crippen LogP contribution in [0.3, 0.4) is 0 Å². The molecule has 1 amide bonds. The Labute approximate surface area is 137 Å². The van der Waals surface area contributed by atoms with Crippen LogP contribution in [0.5, 0.6) is 0 Å². The predicted molar refractivity (Wildman–Crippen MR) is 84.7 cm³/mol. The number of carbonyl (C=O) groups is 1. The number of anilines is 1. The lowest BCUT2D eigenvalue weighted by molar-refractivity contribution is 0.155. The van der Waals surface area contributed by atoms with Crippen LogP contribution in [-0.4, -0.2) is 14.5 Å². The van der Waals surface area contributed by atoms with E-state index in [0.717, 1.165) is 5.56 Å². The largest absolute Gasteiger partial charge is 0.444 e. The molecular formula is C14H11Cl2NO4S. The summed E-state index contributed by atoms with van der Waals surface area (Å²) < 4.78 is 27.2. The van der Waals surface area contributed by atoms with Gasteiger partial charge in [-0.15, -0.1) is 0 Å². The fourth-order valence-electron chi connectivity index (χ4n) is 1.58. The smallest absolute Gasteiger partial charge is 0.411 e. The van der Waals surface area contributed by atoms with E-state index in [-0.39, 0.29) is 11.5 Å². The van der Waals surface area contributed by atoms with Gasteiger partial charge in [-0.25, -0.2) is 13.2 Å². The van der Waals surface area contributed by atoms with E-state index < -0.39 is 15.1 Å². The zero-order valence-corrected chi connectivity index (χ0v) is 13.5. The van der Waals surface area contributed by atoms with Crippen molar-refractivity contribution in [2.24, 2.45) is 0 Å². The molecule has 0 heterocycles. The molecule has 0 aliphatic rings. The minimum Gasteiger partial charge on any atom is -0.444 e. The zero-order chi connectivity index (χ0) is 16.2.